The van der Waals surface area contributed by atoms with Crippen LogP contribution in [0.1, 0.15) is 25.7 Å². The van der Waals surface area contributed by atoms with E-state index in [1.807, 2.05) is 18.2 Å². The summed E-state index contributed by atoms with van der Waals surface area (Å²) in [5, 5.41) is 10.0. The number of aliphatic hydroxyl groups excluding tert-OH is 1. The van der Waals surface area contributed by atoms with Gasteiger partial charge in [0.05, 0.1) is 17.2 Å². The molecule has 1 aromatic rings. The lowest BCUT2D eigenvalue weighted by molar-refractivity contribution is 0.0666. The van der Waals surface area contributed by atoms with E-state index in [1.54, 1.807) is 0 Å². The summed E-state index contributed by atoms with van der Waals surface area (Å²) in [5.74, 6) is 0.720. The van der Waals surface area contributed by atoms with E-state index in [0.29, 0.717) is 5.02 Å². The molecule has 0 saturated heterocycles. The molecule has 0 heterocycles. The Kier molecular flexibility index (Phi) is 4.11. The number of halogens is 2. The molecule has 0 amide bonds. The first-order valence-corrected chi connectivity index (χ1v) is 6.62. The van der Waals surface area contributed by atoms with Gasteiger partial charge in [-0.05, 0) is 43.9 Å². The zero-order chi connectivity index (χ0) is 11.5. The fourth-order valence-electron chi connectivity index (χ4n) is 1.91. The molecule has 4 heteroatoms. The van der Waals surface area contributed by atoms with Gasteiger partial charge in [-0.1, -0.05) is 27.5 Å². The van der Waals surface area contributed by atoms with Gasteiger partial charge >= 0.3 is 0 Å². The van der Waals surface area contributed by atoms with Crippen molar-refractivity contribution in [2.24, 2.45) is 0 Å². The van der Waals surface area contributed by atoms with Crippen LogP contribution >= 0.6 is 27.5 Å². The van der Waals surface area contributed by atoms with Crippen molar-refractivity contribution in [1.82, 2.24) is 0 Å². The Bertz CT molecular complexity index is 362. The van der Waals surface area contributed by atoms with E-state index >= 15 is 0 Å². The summed E-state index contributed by atoms with van der Waals surface area (Å²) >= 11 is 9.44. The second kappa shape index (κ2) is 5.39. The molecule has 1 fully saturated rings. The Morgan fingerprint density at radius 1 is 1.25 bits per heavy atom. The average molecular weight is 306 g/mol. The van der Waals surface area contributed by atoms with E-state index in [4.69, 9.17) is 16.3 Å². The van der Waals surface area contributed by atoms with Crippen LogP contribution in [-0.4, -0.2) is 17.3 Å². The molecule has 2 rings (SSSR count). The lowest BCUT2D eigenvalue weighted by Crippen LogP contribution is -2.26. The topological polar surface area (TPSA) is 29.5 Å². The van der Waals surface area contributed by atoms with Gasteiger partial charge in [0.2, 0.25) is 0 Å². The lowest BCUT2D eigenvalue weighted by Gasteiger charge is -2.26. The first-order valence-electron chi connectivity index (χ1n) is 5.45. The minimum atomic E-state index is -0.155. The van der Waals surface area contributed by atoms with Crippen molar-refractivity contribution in [3.63, 3.8) is 0 Å². The van der Waals surface area contributed by atoms with Crippen LogP contribution in [0, 0.1) is 0 Å². The fourth-order valence-corrected chi connectivity index (χ4v) is 2.41. The highest BCUT2D eigenvalue weighted by Gasteiger charge is 2.21. The maximum Gasteiger partial charge on any atom is 0.139 e. The van der Waals surface area contributed by atoms with E-state index in [2.05, 4.69) is 15.9 Å². The number of benzene rings is 1. The maximum absolute atomic E-state index is 9.40. The van der Waals surface area contributed by atoms with Gasteiger partial charge in [-0.25, -0.2) is 0 Å². The van der Waals surface area contributed by atoms with Crippen LogP contribution < -0.4 is 4.74 Å². The Hall–Kier alpha value is -0.250. The Morgan fingerprint density at radius 2 is 1.94 bits per heavy atom. The molecular weight excluding hydrogens is 291 g/mol. The normalized spacial score (nSPS) is 25.4. The summed E-state index contributed by atoms with van der Waals surface area (Å²) in [5.41, 5.74) is 0. The molecule has 0 aliphatic heterocycles. The van der Waals surface area contributed by atoms with Gasteiger partial charge in [0, 0.05) is 4.47 Å². The van der Waals surface area contributed by atoms with Gasteiger partial charge in [-0.2, -0.15) is 0 Å². The third-order valence-corrected chi connectivity index (χ3v) is 3.64. The van der Waals surface area contributed by atoms with Crippen LogP contribution in [0.2, 0.25) is 5.02 Å². The molecule has 1 aliphatic carbocycles. The molecule has 0 radical (unpaired) electrons. The van der Waals surface area contributed by atoms with E-state index < -0.39 is 0 Å². The summed E-state index contributed by atoms with van der Waals surface area (Å²) < 4.78 is 6.80. The molecule has 0 spiro atoms. The number of hydrogen-bond donors (Lipinski definition) is 1. The second-order valence-corrected chi connectivity index (χ2v) is 5.45. The summed E-state index contributed by atoms with van der Waals surface area (Å²) in [4.78, 5) is 0. The van der Waals surface area contributed by atoms with Crippen LogP contribution in [0.5, 0.6) is 5.75 Å². The SMILES string of the molecule is O[C@H]1CC[C@H](Oc2cc(Br)ccc2Cl)CC1. The van der Waals surface area contributed by atoms with Crippen LogP contribution in [0.25, 0.3) is 0 Å². The zero-order valence-corrected chi connectivity index (χ0v) is 11.2. The summed E-state index contributed by atoms with van der Waals surface area (Å²) in [6, 6.07) is 5.59. The van der Waals surface area contributed by atoms with Crippen LogP contribution in [0.15, 0.2) is 22.7 Å². The molecule has 1 aliphatic rings. The van der Waals surface area contributed by atoms with Gasteiger partial charge < -0.3 is 9.84 Å². The van der Waals surface area contributed by atoms with Gasteiger partial charge in [-0.15, -0.1) is 0 Å². The molecule has 2 nitrogen and oxygen atoms in total. The van der Waals surface area contributed by atoms with Crippen molar-refractivity contribution in [2.75, 3.05) is 0 Å². The monoisotopic (exact) mass is 304 g/mol. The lowest BCUT2D eigenvalue weighted by atomic mass is 9.95. The first kappa shape index (κ1) is 12.2. The standard InChI is InChI=1S/C12H14BrClO2/c13-8-1-6-11(14)12(7-8)16-10-4-2-9(15)3-5-10/h1,6-7,9-10,15H,2-5H2/t9-,10-. The third-order valence-electron chi connectivity index (χ3n) is 2.83. The largest absolute Gasteiger partial charge is 0.489 e. The van der Waals surface area contributed by atoms with Gasteiger partial charge in [-0.3, -0.25) is 0 Å². The van der Waals surface area contributed by atoms with E-state index in [9.17, 15) is 5.11 Å². The van der Waals surface area contributed by atoms with E-state index in [0.717, 1.165) is 35.9 Å². The van der Waals surface area contributed by atoms with Crippen molar-refractivity contribution in [3.05, 3.63) is 27.7 Å². The van der Waals surface area contributed by atoms with Crippen molar-refractivity contribution >= 4 is 27.5 Å². The third kappa shape index (κ3) is 3.12. The van der Waals surface area contributed by atoms with Crippen molar-refractivity contribution < 1.29 is 9.84 Å². The average Bonchev–Trinajstić information content (AvgIpc) is 2.27. The summed E-state index contributed by atoms with van der Waals surface area (Å²) in [7, 11) is 0. The van der Waals surface area contributed by atoms with Crippen molar-refractivity contribution in [1.29, 1.82) is 0 Å². The summed E-state index contributed by atoms with van der Waals surface area (Å²) in [6.45, 7) is 0. The van der Waals surface area contributed by atoms with Crippen LogP contribution in [-0.2, 0) is 0 Å². The molecular formula is C12H14BrClO2. The molecule has 1 saturated carbocycles. The highest BCUT2D eigenvalue weighted by molar-refractivity contribution is 9.10. The maximum atomic E-state index is 9.40. The number of rotatable bonds is 2. The fraction of sp³-hybridized carbons (Fsp3) is 0.500. The zero-order valence-electron chi connectivity index (χ0n) is 8.83. The Morgan fingerprint density at radius 3 is 2.62 bits per heavy atom. The van der Waals surface area contributed by atoms with Crippen molar-refractivity contribution in [3.8, 4) is 5.75 Å². The first-order chi connectivity index (χ1) is 7.65. The van der Waals surface area contributed by atoms with Crippen LogP contribution in [0.3, 0.4) is 0 Å². The quantitative estimate of drug-likeness (QED) is 0.901. The van der Waals surface area contributed by atoms with Gasteiger partial charge in [0.1, 0.15) is 5.75 Å². The Balaban J connectivity index is 2.00. The predicted molar refractivity (Wildman–Crippen MR) is 68.0 cm³/mol. The number of hydrogen-bond acceptors (Lipinski definition) is 2. The Labute approximate surface area is 109 Å². The molecule has 0 unspecified atom stereocenters. The van der Waals surface area contributed by atoms with Crippen molar-refractivity contribution in [2.45, 2.75) is 37.9 Å². The minimum absolute atomic E-state index is 0.155. The molecule has 0 bridgehead atoms. The van der Waals surface area contributed by atoms with E-state index in [-0.39, 0.29) is 12.2 Å². The summed E-state index contributed by atoms with van der Waals surface area (Å²) in [6.07, 6.45) is 3.44. The predicted octanol–water partition coefficient (Wildman–Crippen LogP) is 3.78. The van der Waals surface area contributed by atoms with Gasteiger partial charge in [0.25, 0.3) is 0 Å². The molecule has 1 N–H and O–H groups in total. The van der Waals surface area contributed by atoms with E-state index in [1.165, 1.54) is 0 Å². The number of aliphatic hydroxyl groups is 1. The van der Waals surface area contributed by atoms with Crippen LogP contribution in [0.4, 0.5) is 0 Å². The molecule has 0 atom stereocenters. The number of ether oxygens (including phenoxy) is 1. The smallest absolute Gasteiger partial charge is 0.139 e. The minimum Gasteiger partial charge on any atom is -0.489 e. The van der Waals surface area contributed by atoms with Gasteiger partial charge in [0.15, 0.2) is 0 Å². The molecule has 88 valence electrons. The molecule has 1 aromatic carbocycles. The molecule has 16 heavy (non-hydrogen) atoms. The second-order valence-electron chi connectivity index (χ2n) is 4.12. The highest BCUT2D eigenvalue weighted by atomic mass is 79.9. The highest BCUT2D eigenvalue weighted by Crippen LogP contribution is 2.31. The molecule has 0 aromatic heterocycles.